The molecule has 0 bridgehead atoms. The number of carbonyl (C=O) groups excluding carboxylic acids is 1. The number of aromatic nitrogens is 1. The number of rotatable bonds is 6. The van der Waals surface area contributed by atoms with E-state index in [0.717, 1.165) is 11.4 Å². The van der Waals surface area contributed by atoms with E-state index in [1.54, 1.807) is 43.5 Å². The van der Waals surface area contributed by atoms with Crippen LogP contribution in [-0.2, 0) is 5.41 Å². The lowest BCUT2D eigenvalue weighted by Gasteiger charge is -2.19. The Balaban J connectivity index is 1.95. The topological polar surface area (TPSA) is 80.4 Å². The molecule has 6 nitrogen and oxygen atoms in total. The van der Waals surface area contributed by atoms with Crippen molar-refractivity contribution in [2.75, 3.05) is 13.7 Å². The van der Waals surface area contributed by atoms with Crippen LogP contribution in [0.2, 0.25) is 0 Å². The predicted octanol–water partition coefficient (Wildman–Crippen LogP) is 2.88. The van der Waals surface area contributed by atoms with Gasteiger partial charge in [-0.05, 0) is 43.3 Å². The first-order valence-electron chi connectivity index (χ1n) is 8.52. The molecular weight excluding hydrogens is 332 g/mol. The summed E-state index contributed by atoms with van der Waals surface area (Å²) >= 11 is 0. The van der Waals surface area contributed by atoms with Crippen LogP contribution in [0.4, 0.5) is 0 Å². The zero-order chi connectivity index (χ0) is 19.3. The molecule has 1 heterocycles. The monoisotopic (exact) mass is 358 g/mol. The molecule has 0 radical (unpaired) electrons. The molecule has 1 atom stereocenters. The number of hydrogen-bond acceptors (Lipinski definition) is 4. The summed E-state index contributed by atoms with van der Waals surface area (Å²) in [6.45, 7) is 8.10. The molecule has 26 heavy (non-hydrogen) atoms. The van der Waals surface area contributed by atoms with Crippen LogP contribution in [0.25, 0.3) is 0 Å². The van der Waals surface area contributed by atoms with Crippen molar-refractivity contribution in [2.24, 2.45) is 0 Å². The fraction of sp³-hybridized carbons (Fsp3) is 0.400. The number of hydrogen-bond donors (Lipinski definition) is 2. The number of benzene rings is 1. The summed E-state index contributed by atoms with van der Waals surface area (Å²) in [5, 5.41) is 2.78. The van der Waals surface area contributed by atoms with E-state index in [1.807, 2.05) is 27.7 Å². The summed E-state index contributed by atoms with van der Waals surface area (Å²) in [7, 11) is 1.60. The number of carbonyl (C=O) groups is 1. The van der Waals surface area contributed by atoms with Gasteiger partial charge in [-0.1, -0.05) is 20.8 Å². The quantitative estimate of drug-likeness (QED) is 0.832. The maximum atomic E-state index is 12.3. The second kappa shape index (κ2) is 8.08. The summed E-state index contributed by atoms with van der Waals surface area (Å²) in [5.41, 5.74) is 0.302. The number of pyridine rings is 1. The van der Waals surface area contributed by atoms with E-state index in [-0.39, 0.29) is 23.6 Å². The third-order valence-corrected chi connectivity index (χ3v) is 3.90. The number of aromatic amines is 1. The van der Waals surface area contributed by atoms with Crippen molar-refractivity contribution in [3.05, 3.63) is 58.0 Å². The lowest BCUT2D eigenvalue weighted by Crippen LogP contribution is -2.39. The lowest BCUT2D eigenvalue weighted by atomic mass is 9.91. The third-order valence-electron chi connectivity index (χ3n) is 3.90. The van der Waals surface area contributed by atoms with E-state index in [9.17, 15) is 9.59 Å². The first kappa shape index (κ1) is 19.6. The van der Waals surface area contributed by atoms with Crippen molar-refractivity contribution in [2.45, 2.75) is 39.2 Å². The Morgan fingerprint density at radius 3 is 2.27 bits per heavy atom. The van der Waals surface area contributed by atoms with Gasteiger partial charge < -0.3 is 19.8 Å². The Hall–Kier alpha value is -2.76. The number of amides is 1. The highest BCUT2D eigenvalue weighted by Gasteiger charge is 2.18. The maximum absolute atomic E-state index is 12.3. The smallest absolute Gasteiger partial charge is 0.261 e. The molecule has 0 aliphatic heterocycles. The number of H-pyrrole nitrogens is 1. The molecule has 0 saturated heterocycles. The van der Waals surface area contributed by atoms with E-state index in [1.165, 1.54) is 0 Å². The molecule has 0 spiro atoms. The van der Waals surface area contributed by atoms with Crippen LogP contribution in [0, 0.1) is 0 Å². The fourth-order valence-corrected chi connectivity index (χ4v) is 2.33. The SMILES string of the molecule is COc1ccc(OC[C@@H](C)NC(=O)c2ccc(C(C)(C)C)[nH]c2=O)cc1. The molecule has 6 heteroatoms. The van der Waals surface area contributed by atoms with Crippen molar-refractivity contribution in [3.63, 3.8) is 0 Å². The van der Waals surface area contributed by atoms with E-state index in [4.69, 9.17) is 9.47 Å². The highest BCUT2D eigenvalue weighted by molar-refractivity contribution is 5.94. The Bertz CT molecular complexity index is 804. The summed E-state index contributed by atoms with van der Waals surface area (Å²) in [6.07, 6.45) is 0. The van der Waals surface area contributed by atoms with Gasteiger partial charge in [-0.25, -0.2) is 0 Å². The maximum Gasteiger partial charge on any atom is 0.261 e. The van der Waals surface area contributed by atoms with Crippen molar-refractivity contribution >= 4 is 5.91 Å². The summed E-state index contributed by atoms with van der Waals surface area (Å²) in [6, 6.07) is 10.3. The molecule has 2 aromatic rings. The van der Waals surface area contributed by atoms with Crippen molar-refractivity contribution in [1.82, 2.24) is 10.3 Å². The zero-order valence-electron chi connectivity index (χ0n) is 15.9. The highest BCUT2D eigenvalue weighted by Crippen LogP contribution is 2.19. The number of ether oxygens (including phenoxy) is 2. The minimum absolute atomic E-state index is 0.0919. The predicted molar refractivity (Wildman–Crippen MR) is 101 cm³/mol. The van der Waals surface area contributed by atoms with Crippen LogP contribution in [0.3, 0.4) is 0 Å². The molecule has 2 rings (SSSR count). The van der Waals surface area contributed by atoms with Gasteiger partial charge >= 0.3 is 0 Å². The van der Waals surface area contributed by atoms with Gasteiger partial charge in [0.25, 0.3) is 11.5 Å². The van der Waals surface area contributed by atoms with Crippen LogP contribution in [-0.4, -0.2) is 30.6 Å². The molecular formula is C20H26N2O4. The number of nitrogens with one attached hydrogen (secondary N) is 2. The molecule has 0 unspecified atom stereocenters. The molecule has 1 aromatic carbocycles. The Morgan fingerprint density at radius 2 is 1.73 bits per heavy atom. The molecule has 1 aromatic heterocycles. The van der Waals surface area contributed by atoms with Gasteiger partial charge in [0.2, 0.25) is 0 Å². The Kier molecular flexibility index (Phi) is 6.08. The fourth-order valence-electron chi connectivity index (χ4n) is 2.33. The van der Waals surface area contributed by atoms with Crippen LogP contribution in [0.15, 0.2) is 41.2 Å². The van der Waals surface area contributed by atoms with Crippen molar-refractivity contribution in [1.29, 1.82) is 0 Å². The second-order valence-electron chi connectivity index (χ2n) is 7.23. The zero-order valence-corrected chi connectivity index (χ0v) is 15.9. The van der Waals surface area contributed by atoms with Crippen LogP contribution in [0.1, 0.15) is 43.7 Å². The third kappa shape index (κ3) is 5.12. The van der Waals surface area contributed by atoms with Gasteiger partial charge in [0.05, 0.1) is 13.2 Å². The van der Waals surface area contributed by atoms with Crippen LogP contribution < -0.4 is 20.3 Å². The first-order chi connectivity index (χ1) is 12.2. The van der Waals surface area contributed by atoms with E-state index in [2.05, 4.69) is 10.3 Å². The van der Waals surface area contributed by atoms with Crippen LogP contribution >= 0.6 is 0 Å². The van der Waals surface area contributed by atoms with Crippen LogP contribution in [0.5, 0.6) is 11.5 Å². The average molecular weight is 358 g/mol. The molecule has 0 aliphatic carbocycles. The highest BCUT2D eigenvalue weighted by atomic mass is 16.5. The second-order valence-corrected chi connectivity index (χ2v) is 7.23. The summed E-state index contributed by atoms with van der Waals surface area (Å²) < 4.78 is 10.7. The van der Waals surface area contributed by atoms with E-state index < -0.39 is 11.5 Å². The van der Waals surface area contributed by atoms with Crippen molar-refractivity contribution < 1.29 is 14.3 Å². The van der Waals surface area contributed by atoms with Gasteiger partial charge in [-0.3, -0.25) is 9.59 Å². The molecule has 1 amide bonds. The van der Waals surface area contributed by atoms with Crippen molar-refractivity contribution in [3.8, 4) is 11.5 Å². The summed E-state index contributed by atoms with van der Waals surface area (Å²) in [4.78, 5) is 27.3. The minimum atomic E-state index is -0.419. The number of methoxy groups -OCH3 is 1. The van der Waals surface area contributed by atoms with Gasteiger partial charge in [0.1, 0.15) is 23.7 Å². The minimum Gasteiger partial charge on any atom is -0.497 e. The van der Waals surface area contributed by atoms with Gasteiger partial charge in [0, 0.05) is 11.1 Å². The normalized spacial score (nSPS) is 12.3. The lowest BCUT2D eigenvalue weighted by molar-refractivity contribution is 0.0925. The average Bonchev–Trinajstić information content (AvgIpc) is 2.59. The van der Waals surface area contributed by atoms with Gasteiger partial charge in [-0.15, -0.1) is 0 Å². The molecule has 0 aliphatic rings. The summed E-state index contributed by atoms with van der Waals surface area (Å²) in [5.74, 6) is 1.01. The van der Waals surface area contributed by atoms with Gasteiger partial charge in [-0.2, -0.15) is 0 Å². The first-order valence-corrected chi connectivity index (χ1v) is 8.52. The Labute approximate surface area is 153 Å². The van der Waals surface area contributed by atoms with E-state index >= 15 is 0 Å². The van der Waals surface area contributed by atoms with E-state index in [0.29, 0.717) is 5.75 Å². The molecule has 2 N–H and O–H groups in total. The molecule has 140 valence electrons. The molecule has 0 fully saturated rings. The standard InChI is InChI=1S/C20H26N2O4/c1-13(12-26-15-8-6-14(25-5)7-9-15)21-18(23)16-10-11-17(20(2,3)4)22-19(16)24/h6-11,13H,12H2,1-5H3,(H,21,23)(H,22,24)/t13-/m1/s1. The largest absolute Gasteiger partial charge is 0.497 e. The van der Waals surface area contributed by atoms with Gasteiger partial charge in [0.15, 0.2) is 0 Å². The Morgan fingerprint density at radius 1 is 1.12 bits per heavy atom. The molecule has 0 saturated carbocycles.